The molecule has 0 saturated heterocycles. The van der Waals surface area contributed by atoms with E-state index in [1.807, 2.05) is 26.8 Å². The molecular formula is C15H17NO3. The number of oxazole rings is 1. The van der Waals surface area contributed by atoms with E-state index >= 15 is 0 Å². The van der Waals surface area contributed by atoms with Crippen LogP contribution in [0, 0.1) is 6.92 Å². The van der Waals surface area contributed by atoms with Gasteiger partial charge in [0.25, 0.3) is 0 Å². The molecule has 0 aliphatic heterocycles. The molecule has 0 unspecified atom stereocenters. The Labute approximate surface area is 112 Å². The van der Waals surface area contributed by atoms with Gasteiger partial charge in [-0.1, -0.05) is 26.8 Å². The Morgan fingerprint density at radius 2 is 2.00 bits per heavy atom. The summed E-state index contributed by atoms with van der Waals surface area (Å²) in [4.78, 5) is 15.3. The van der Waals surface area contributed by atoms with Crippen LogP contribution in [0.4, 0.5) is 0 Å². The van der Waals surface area contributed by atoms with Gasteiger partial charge in [-0.15, -0.1) is 0 Å². The number of hydrogen-bond acceptors (Lipinski definition) is 3. The van der Waals surface area contributed by atoms with Gasteiger partial charge in [-0.25, -0.2) is 9.78 Å². The molecule has 2 rings (SSSR count). The van der Waals surface area contributed by atoms with E-state index in [4.69, 9.17) is 4.42 Å². The maximum absolute atomic E-state index is 11.3. The number of benzene rings is 1. The predicted octanol–water partition coefficient (Wildman–Crippen LogP) is 3.65. The van der Waals surface area contributed by atoms with Crippen LogP contribution in [0.15, 0.2) is 28.8 Å². The Bertz CT molecular complexity index is 621. The minimum Gasteiger partial charge on any atom is -0.478 e. The zero-order valence-electron chi connectivity index (χ0n) is 11.5. The van der Waals surface area contributed by atoms with Gasteiger partial charge in [0, 0.05) is 12.5 Å². The van der Waals surface area contributed by atoms with Crippen molar-refractivity contribution in [3.63, 3.8) is 0 Å². The number of aryl methyl sites for hydroxylation is 1. The first kappa shape index (κ1) is 13.3. The van der Waals surface area contributed by atoms with Crippen molar-refractivity contribution in [3.8, 4) is 11.3 Å². The zero-order chi connectivity index (χ0) is 14.2. The Morgan fingerprint density at radius 3 is 2.47 bits per heavy atom. The molecule has 100 valence electrons. The molecule has 0 bridgehead atoms. The number of carboxylic acid groups (broad SMARTS) is 1. The van der Waals surface area contributed by atoms with Crippen molar-refractivity contribution in [1.29, 1.82) is 0 Å². The van der Waals surface area contributed by atoms with Crippen LogP contribution in [0.1, 0.15) is 42.6 Å². The van der Waals surface area contributed by atoms with Crippen LogP contribution in [0.2, 0.25) is 0 Å². The minimum atomic E-state index is -0.912. The lowest BCUT2D eigenvalue weighted by atomic mass is 9.82. The molecule has 0 spiro atoms. The summed E-state index contributed by atoms with van der Waals surface area (Å²) < 4.78 is 5.48. The number of rotatable bonds is 2. The monoisotopic (exact) mass is 259 g/mol. The van der Waals surface area contributed by atoms with Gasteiger partial charge in [0.05, 0.1) is 11.8 Å². The minimum absolute atomic E-state index is 0.251. The molecule has 0 fully saturated rings. The van der Waals surface area contributed by atoms with Gasteiger partial charge < -0.3 is 9.52 Å². The van der Waals surface area contributed by atoms with E-state index in [1.165, 1.54) is 0 Å². The summed E-state index contributed by atoms with van der Waals surface area (Å²) in [7, 11) is 0. The fourth-order valence-electron chi connectivity index (χ4n) is 2.00. The first-order chi connectivity index (χ1) is 8.79. The summed E-state index contributed by atoms with van der Waals surface area (Å²) in [5, 5.41) is 9.26. The largest absolute Gasteiger partial charge is 0.478 e. The molecule has 1 aromatic carbocycles. The van der Waals surface area contributed by atoms with Gasteiger partial charge in [-0.3, -0.25) is 0 Å². The lowest BCUT2D eigenvalue weighted by Crippen LogP contribution is -2.17. The maximum Gasteiger partial charge on any atom is 0.335 e. The lowest BCUT2D eigenvalue weighted by molar-refractivity contribution is 0.0694. The van der Waals surface area contributed by atoms with Gasteiger partial charge in [0.15, 0.2) is 11.7 Å². The molecule has 0 aliphatic carbocycles. The molecule has 0 radical (unpaired) electrons. The summed E-state index contributed by atoms with van der Waals surface area (Å²) in [6.07, 6.45) is 1.65. The first-order valence-corrected chi connectivity index (χ1v) is 6.09. The second-order valence-electron chi connectivity index (χ2n) is 5.56. The molecule has 4 nitrogen and oxygen atoms in total. The molecule has 0 amide bonds. The normalized spacial score (nSPS) is 11.6. The van der Waals surface area contributed by atoms with Crippen molar-refractivity contribution in [2.75, 3.05) is 0 Å². The lowest BCUT2D eigenvalue weighted by Gasteiger charge is -2.22. The van der Waals surface area contributed by atoms with Gasteiger partial charge in [0.2, 0.25) is 0 Å². The highest BCUT2D eigenvalue weighted by Crippen LogP contribution is 2.31. The average molecular weight is 259 g/mol. The number of hydrogen-bond donors (Lipinski definition) is 1. The van der Waals surface area contributed by atoms with Gasteiger partial charge in [-0.2, -0.15) is 0 Å². The zero-order valence-corrected chi connectivity index (χ0v) is 11.5. The molecule has 19 heavy (non-hydrogen) atoms. The number of nitrogens with zero attached hydrogens (tertiary/aromatic N) is 1. The van der Waals surface area contributed by atoms with E-state index in [-0.39, 0.29) is 5.41 Å². The predicted molar refractivity (Wildman–Crippen MR) is 72.3 cm³/mol. The van der Waals surface area contributed by atoms with E-state index in [0.29, 0.717) is 17.2 Å². The van der Waals surface area contributed by atoms with Crippen molar-refractivity contribution < 1.29 is 14.3 Å². The van der Waals surface area contributed by atoms with Crippen LogP contribution >= 0.6 is 0 Å². The van der Waals surface area contributed by atoms with Crippen molar-refractivity contribution >= 4 is 5.97 Å². The third kappa shape index (κ3) is 2.67. The summed E-state index contributed by atoms with van der Waals surface area (Å²) in [6, 6.07) is 5.23. The van der Waals surface area contributed by atoms with Gasteiger partial charge in [-0.05, 0) is 23.1 Å². The van der Waals surface area contributed by atoms with E-state index in [2.05, 4.69) is 4.98 Å². The third-order valence-corrected chi connectivity index (χ3v) is 2.96. The number of carboxylic acids is 1. The van der Waals surface area contributed by atoms with Crippen molar-refractivity contribution in [1.82, 2.24) is 4.98 Å². The van der Waals surface area contributed by atoms with Crippen LogP contribution < -0.4 is 0 Å². The van der Waals surface area contributed by atoms with Crippen molar-refractivity contribution in [2.24, 2.45) is 0 Å². The molecule has 0 atom stereocenters. The molecular weight excluding hydrogens is 242 g/mol. The molecule has 0 saturated carbocycles. The van der Waals surface area contributed by atoms with E-state index < -0.39 is 5.97 Å². The maximum atomic E-state index is 11.3. The summed E-state index contributed by atoms with van der Waals surface area (Å²) in [6.45, 7) is 7.75. The Morgan fingerprint density at radius 1 is 1.32 bits per heavy atom. The van der Waals surface area contributed by atoms with Crippen LogP contribution in [0.5, 0.6) is 0 Å². The molecule has 4 heteroatoms. The Kier molecular flexibility index (Phi) is 3.18. The highest BCUT2D eigenvalue weighted by molar-refractivity contribution is 5.90. The fourth-order valence-corrected chi connectivity index (χ4v) is 2.00. The Balaban J connectivity index is 2.59. The number of aromatic nitrogens is 1. The summed E-state index contributed by atoms with van der Waals surface area (Å²) in [5.74, 6) is 0.333. The second-order valence-corrected chi connectivity index (χ2v) is 5.56. The van der Waals surface area contributed by atoms with Crippen LogP contribution in [0.25, 0.3) is 11.3 Å². The average Bonchev–Trinajstić information content (AvgIpc) is 2.74. The smallest absolute Gasteiger partial charge is 0.335 e. The molecule has 1 N–H and O–H groups in total. The third-order valence-electron chi connectivity index (χ3n) is 2.96. The Hall–Kier alpha value is -2.10. The molecule has 1 heterocycles. The van der Waals surface area contributed by atoms with Crippen molar-refractivity contribution in [2.45, 2.75) is 33.1 Å². The van der Waals surface area contributed by atoms with Gasteiger partial charge >= 0.3 is 5.97 Å². The standard InChI is InChI=1S/C15H17NO3/c1-9-16-8-13(19-9)10-5-6-11(14(17)18)12(7-10)15(2,3)4/h5-8H,1-4H3,(H,17,18). The van der Waals surface area contributed by atoms with Gasteiger partial charge in [0.1, 0.15) is 0 Å². The van der Waals surface area contributed by atoms with Crippen LogP contribution in [-0.2, 0) is 5.41 Å². The van der Waals surface area contributed by atoms with E-state index in [9.17, 15) is 9.90 Å². The van der Waals surface area contributed by atoms with E-state index in [1.54, 1.807) is 25.3 Å². The fraction of sp³-hybridized carbons (Fsp3) is 0.333. The topological polar surface area (TPSA) is 63.3 Å². The van der Waals surface area contributed by atoms with Crippen LogP contribution in [-0.4, -0.2) is 16.1 Å². The summed E-state index contributed by atoms with van der Waals surface area (Å²) in [5.41, 5.74) is 1.70. The second kappa shape index (κ2) is 4.53. The highest BCUT2D eigenvalue weighted by Gasteiger charge is 2.22. The molecule has 2 aromatic rings. The molecule has 1 aromatic heterocycles. The SMILES string of the molecule is Cc1ncc(-c2ccc(C(=O)O)c(C(C)(C)C)c2)o1. The van der Waals surface area contributed by atoms with Crippen LogP contribution in [0.3, 0.4) is 0 Å². The summed E-state index contributed by atoms with van der Waals surface area (Å²) >= 11 is 0. The molecule has 0 aliphatic rings. The highest BCUT2D eigenvalue weighted by atomic mass is 16.4. The number of aromatic carboxylic acids is 1. The van der Waals surface area contributed by atoms with E-state index in [0.717, 1.165) is 11.1 Å². The first-order valence-electron chi connectivity index (χ1n) is 6.09. The quantitative estimate of drug-likeness (QED) is 0.894. The van der Waals surface area contributed by atoms with Crippen molar-refractivity contribution in [3.05, 3.63) is 41.4 Å². The number of carbonyl (C=O) groups is 1.